The molecule has 2 unspecified atom stereocenters. The molecule has 3 rings (SSSR count). The van der Waals surface area contributed by atoms with E-state index in [1.165, 1.54) is 10.4 Å². The molecule has 0 aliphatic heterocycles. The van der Waals surface area contributed by atoms with Crippen LogP contribution in [0.4, 0.5) is 4.79 Å². The van der Waals surface area contributed by atoms with Crippen LogP contribution in [0.3, 0.4) is 0 Å². The number of amides is 1. The number of ether oxygens (including phenoxy) is 1. The molecule has 0 bridgehead atoms. The Morgan fingerprint density at radius 1 is 1.03 bits per heavy atom. The summed E-state index contributed by atoms with van der Waals surface area (Å²) < 4.78 is 5.50. The molecule has 0 fully saturated rings. The largest absolute Gasteiger partial charge is 0.444 e. The molecule has 1 aromatic heterocycles. The van der Waals surface area contributed by atoms with Crippen molar-refractivity contribution in [2.45, 2.75) is 83.5 Å². The molecule has 188 valence electrons. The van der Waals surface area contributed by atoms with E-state index in [1.54, 1.807) is 11.3 Å². The van der Waals surface area contributed by atoms with Gasteiger partial charge in [0.15, 0.2) is 0 Å². The molecule has 1 amide bonds. The second kappa shape index (κ2) is 12.8. The lowest BCUT2D eigenvalue weighted by Crippen LogP contribution is -2.47. The Morgan fingerprint density at radius 3 is 2.20 bits per heavy atom. The number of alkyl carbamates (subject to hydrolysis) is 1. The molecule has 3 atom stereocenters. The normalized spacial score (nSPS) is 14.2. The number of aliphatic hydroxyl groups is 1. The number of nitrogens with zero attached hydrogens (tertiary/aromatic N) is 1. The van der Waals surface area contributed by atoms with E-state index in [1.807, 2.05) is 75.5 Å². The number of aliphatic hydroxyl groups excluding tert-OH is 1. The summed E-state index contributed by atoms with van der Waals surface area (Å²) in [5, 5.41) is 15.4. The summed E-state index contributed by atoms with van der Waals surface area (Å²) >= 11 is 1.73. The van der Waals surface area contributed by atoms with Crippen LogP contribution in [0.25, 0.3) is 0 Å². The minimum atomic E-state index is -0.769. The third-order valence-corrected chi connectivity index (χ3v) is 6.95. The number of hydrogen-bond acceptors (Lipinski definition) is 5. The summed E-state index contributed by atoms with van der Waals surface area (Å²) in [4.78, 5) is 18.6. The average molecular weight is 495 g/mol. The van der Waals surface area contributed by atoms with Gasteiger partial charge in [-0.15, -0.1) is 11.3 Å². The summed E-state index contributed by atoms with van der Waals surface area (Å²) in [6.45, 7) is 7.67. The number of nitrogens with one attached hydrogen (secondary N) is 1. The van der Waals surface area contributed by atoms with E-state index in [9.17, 15) is 9.90 Å². The smallest absolute Gasteiger partial charge is 0.407 e. The molecule has 0 aliphatic carbocycles. The van der Waals surface area contributed by atoms with Crippen LogP contribution in [-0.2, 0) is 24.0 Å². The van der Waals surface area contributed by atoms with E-state index < -0.39 is 23.8 Å². The van der Waals surface area contributed by atoms with Gasteiger partial charge in [0, 0.05) is 17.0 Å². The summed E-state index contributed by atoms with van der Waals surface area (Å²) in [6, 6.07) is 19.7. The minimum Gasteiger partial charge on any atom is -0.444 e. The molecule has 2 aromatic carbocycles. The molecule has 0 spiro atoms. The first-order valence-corrected chi connectivity index (χ1v) is 13.2. The first-order valence-electron chi connectivity index (χ1n) is 12.4. The second-order valence-electron chi connectivity index (χ2n) is 10.0. The van der Waals surface area contributed by atoms with Crippen LogP contribution >= 0.6 is 11.3 Å². The van der Waals surface area contributed by atoms with Crippen LogP contribution in [0, 0.1) is 0 Å². The summed E-state index contributed by atoms with van der Waals surface area (Å²) in [6.07, 6.45) is 4.54. The van der Waals surface area contributed by atoms with Crippen LogP contribution < -0.4 is 5.32 Å². The van der Waals surface area contributed by atoms with Gasteiger partial charge in [-0.3, -0.25) is 0 Å². The van der Waals surface area contributed by atoms with Crippen LogP contribution in [0.2, 0.25) is 0 Å². The summed E-state index contributed by atoms with van der Waals surface area (Å²) in [5.41, 5.74) is 1.64. The minimum absolute atomic E-state index is 0.0433. The number of aromatic nitrogens is 1. The van der Waals surface area contributed by atoms with Gasteiger partial charge in [-0.05, 0) is 57.6 Å². The van der Waals surface area contributed by atoms with Crippen LogP contribution in [0.5, 0.6) is 0 Å². The fourth-order valence-electron chi connectivity index (χ4n) is 4.11. The molecule has 0 saturated carbocycles. The quantitative estimate of drug-likeness (QED) is 0.328. The molecule has 35 heavy (non-hydrogen) atoms. The van der Waals surface area contributed by atoms with Gasteiger partial charge in [-0.25, -0.2) is 9.78 Å². The van der Waals surface area contributed by atoms with Crippen LogP contribution in [-0.4, -0.2) is 33.9 Å². The van der Waals surface area contributed by atoms with Crippen molar-refractivity contribution in [2.24, 2.45) is 0 Å². The highest BCUT2D eigenvalue weighted by Gasteiger charge is 2.29. The third-order valence-electron chi connectivity index (χ3n) is 5.73. The molecule has 5 nitrogen and oxygen atoms in total. The standard InChI is InChI=1S/C29H38N2O3S/c1-5-12-24-20-30-27(35-24)23(17-21-13-8-6-9-14-21)19-26(32)25(18-22-15-10-7-11-16-22)31-28(33)34-29(2,3)4/h6-11,13-16,20,23,25-26,32H,5,12,17-19H2,1-4H3,(H,31,33)/t23?,25-,26?/m0/s1. The number of carbonyl (C=O) groups is 1. The molecular weight excluding hydrogens is 456 g/mol. The molecule has 0 radical (unpaired) electrons. The predicted molar refractivity (Wildman–Crippen MR) is 143 cm³/mol. The second-order valence-corrected chi connectivity index (χ2v) is 11.2. The van der Waals surface area contributed by atoms with Crippen molar-refractivity contribution in [2.75, 3.05) is 0 Å². The van der Waals surface area contributed by atoms with Crippen molar-refractivity contribution in [3.8, 4) is 0 Å². The van der Waals surface area contributed by atoms with Crippen molar-refractivity contribution in [3.63, 3.8) is 0 Å². The molecular formula is C29H38N2O3S. The average Bonchev–Trinajstić information content (AvgIpc) is 3.27. The molecule has 3 aromatic rings. The van der Waals surface area contributed by atoms with Gasteiger partial charge in [-0.2, -0.15) is 0 Å². The Kier molecular flexibility index (Phi) is 9.87. The van der Waals surface area contributed by atoms with Gasteiger partial charge in [0.05, 0.1) is 17.2 Å². The van der Waals surface area contributed by atoms with Gasteiger partial charge in [-0.1, -0.05) is 74.0 Å². The molecule has 0 aliphatic rings. The number of thiazole rings is 1. The zero-order valence-corrected chi connectivity index (χ0v) is 22.1. The molecule has 6 heteroatoms. The Balaban J connectivity index is 1.82. The van der Waals surface area contributed by atoms with E-state index in [2.05, 4.69) is 24.4 Å². The van der Waals surface area contributed by atoms with E-state index in [0.29, 0.717) is 12.8 Å². The fraction of sp³-hybridized carbons (Fsp3) is 0.448. The Hall–Kier alpha value is -2.70. The third kappa shape index (κ3) is 9.11. The lowest BCUT2D eigenvalue weighted by Gasteiger charge is -2.29. The zero-order chi connectivity index (χ0) is 25.3. The van der Waals surface area contributed by atoms with Crippen LogP contribution in [0.15, 0.2) is 66.9 Å². The van der Waals surface area contributed by atoms with E-state index in [-0.39, 0.29) is 5.92 Å². The molecule has 1 heterocycles. The van der Waals surface area contributed by atoms with Gasteiger partial charge < -0.3 is 15.2 Å². The number of carbonyl (C=O) groups excluding carboxylic acids is 1. The van der Waals surface area contributed by atoms with Crippen molar-refractivity contribution in [1.82, 2.24) is 10.3 Å². The number of rotatable bonds is 11. The van der Waals surface area contributed by atoms with Gasteiger partial charge in [0.1, 0.15) is 5.60 Å². The summed E-state index contributed by atoms with van der Waals surface area (Å²) in [5.74, 6) is 0.0433. The monoisotopic (exact) mass is 494 g/mol. The lowest BCUT2D eigenvalue weighted by molar-refractivity contribution is 0.0405. The Labute approximate surface area is 213 Å². The van der Waals surface area contributed by atoms with Crippen molar-refractivity contribution in [1.29, 1.82) is 0 Å². The van der Waals surface area contributed by atoms with Gasteiger partial charge in [0.25, 0.3) is 0 Å². The first-order chi connectivity index (χ1) is 16.7. The summed E-state index contributed by atoms with van der Waals surface area (Å²) in [7, 11) is 0. The van der Waals surface area contributed by atoms with Crippen molar-refractivity contribution in [3.05, 3.63) is 87.9 Å². The van der Waals surface area contributed by atoms with Crippen LogP contribution in [0.1, 0.15) is 67.5 Å². The highest BCUT2D eigenvalue weighted by Crippen LogP contribution is 2.31. The Bertz CT molecular complexity index is 1030. The molecule has 2 N–H and O–H groups in total. The highest BCUT2D eigenvalue weighted by atomic mass is 32.1. The zero-order valence-electron chi connectivity index (χ0n) is 21.2. The van der Waals surface area contributed by atoms with E-state index in [0.717, 1.165) is 29.8 Å². The highest BCUT2D eigenvalue weighted by molar-refractivity contribution is 7.11. The van der Waals surface area contributed by atoms with E-state index in [4.69, 9.17) is 9.72 Å². The van der Waals surface area contributed by atoms with Crippen molar-refractivity contribution < 1.29 is 14.6 Å². The van der Waals surface area contributed by atoms with Gasteiger partial charge >= 0.3 is 6.09 Å². The van der Waals surface area contributed by atoms with Gasteiger partial charge in [0.2, 0.25) is 0 Å². The van der Waals surface area contributed by atoms with Crippen molar-refractivity contribution >= 4 is 17.4 Å². The Morgan fingerprint density at radius 2 is 1.63 bits per heavy atom. The number of hydrogen-bond donors (Lipinski definition) is 2. The maximum Gasteiger partial charge on any atom is 0.407 e. The predicted octanol–water partition coefficient (Wildman–Crippen LogP) is 6.31. The number of aryl methyl sites for hydroxylation is 1. The fourth-order valence-corrected chi connectivity index (χ4v) is 5.24. The number of benzene rings is 2. The van der Waals surface area contributed by atoms with E-state index >= 15 is 0 Å². The maximum atomic E-state index is 12.6. The SMILES string of the molecule is CCCc1cnc(C(Cc2ccccc2)CC(O)[C@H](Cc2ccccc2)NC(=O)OC(C)(C)C)s1. The lowest BCUT2D eigenvalue weighted by atomic mass is 9.89. The topological polar surface area (TPSA) is 71.5 Å². The first kappa shape index (κ1) is 26.9. The maximum absolute atomic E-state index is 12.6. The molecule has 0 saturated heterocycles.